The molecule has 0 heterocycles. The molecular weight excluding hydrogens is 296 g/mol. The van der Waals surface area contributed by atoms with Gasteiger partial charge in [-0.25, -0.2) is 0 Å². The molecule has 2 nitrogen and oxygen atoms in total. The lowest BCUT2D eigenvalue weighted by Crippen LogP contribution is -2.50. The molecule has 0 rings (SSSR count). The quantitative estimate of drug-likeness (QED) is 0.335. The van der Waals surface area contributed by atoms with Gasteiger partial charge in [-0.2, -0.15) is 0 Å². The van der Waals surface area contributed by atoms with Crippen LogP contribution >= 0.6 is 0 Å². The fourth-order valence-electron chi connectivity index (χ4n) is 4.47. The van der Waals surface area contributed by atoms with Gasteiger partial charge >= 0.3 is 0 Å². The smallest absolute Gasteiger partial charge is 0.0541 e. The molecule has 0 radical (unpaired) electrons. The predicted molar refractivity (Wildman–Crippen MR) is 110 cm³/mol. The molecule has 0 aliphatic carbocycles. The van der Waals surface area contributed by atoms with Gasteiger partial charge in [0.1, 0.15) is 0 Å². The number of hydrogen-bond donors (Lipinski definition) is 2. The highest BCUT2D eigenvalue weighted by Crippen LogP contribution is 2.59. The molecule has 0 aromatic carbocycles. The highest BCUT2D eigenvalue weighted by Gasteiger charge is 2.50. The standard InChI is InChI=1S/C20H46N2Si/c1-9-12-18(3)17-23(7,8)20(6,19(4,5)10-2)13-11-15-22-16-14-21/h18,22H,9-17,21H2,1-8H3. The molecule has 23 heavy (non-hydrogen) atoms. The van der Waals surface area contributed by atoms with Crippen molar-refractivity contribution in [2.45, 2.75) is 97.8 Å². The molecule has 0 fully saturated rings. The summed E-state index contributed by atoms with van der Waals surface area (Å²) in [4.78, 5) is 0. The second-order valence-corrected chi connectivity index (χ2v) is 14.5. The van der Waals surface area contributed by atoms with Gasteiger partial charge in [0.05, 0.1) is 8.07 Å². The summed E-state index contributed by atoms with van der Waals surface area (Å²) in [7, 11) is -1.33. The van der Waals surface area contributed by atoms with Gasteiger partial charge in [-0.3, -0.25) is 0 Å². The lowest BCUT2D eigenvalue weighted by molar-refractivity contribution is 0.210. The van der Waals surface area contributed by atoms with Crippen LogP contribution in [0.2, 0.25) is 24.2 Å². The van der Waals surface area contributed by atoms with E-state index < -0.39 is 8.07 Å². The first kappa shape index (κ1) is 23.1. The average molecular weight is 343 g/mol. The molecule has 0 saturated heterocycles. The first-order valence-electron chi connectivity index (χ1n) is 9.98. The van der Waals surface area contributed by atoms with Crippen LogP contribution in [-0.2, 0) is 0 Å². The fourth-order valence-corrected chi connectivity index (χ4v) is 9.73. The molecule has 0 bridgehead atoms. The van der Waals surface area contributed by atoms with E-state index in [1.165, 1.54) is 38.1 Å². The molecule has 0 aromatic heterocycles. The van der Waals surface area contributed by atoms with Crippen molar-refractivity contribution in [1.82, 2.24) is 5.32 Å². The van der Waals surface area contributed by atoms with E-state index in [0.717, 1.165) is 25.6 Å². The third kappa shape index (κ3) is 6.51. The number of hydrogen-bond acceptors (Lipinski definition) is 2. The zero-order valence-electron chi connectivity index (χ0n) is 17.5. The van der Waals surface area contributed by atoms with E-state index in [2.05, 4.69) is 60.0 Å². The van der Waals surface area contributed by atoms with Crippen molar-refractivity contribution in [2.75, 3.05) is 19.6 Å². The van der Waals surface area contributed by atoms with E-state index in [-0.39, 0.29) is 0 Å². The van der Waals surface area contributed by atoms with Crippen LogP contribution in [0.25, 0.3) is 0 Å². The van der Waals surface area contributed by atoms with Gasteiger partial charge in [-0.1, -0.05) is 79.9 Å². The number of nitrogens with two attached hydrogens (primary N) is 1. The average Bonchev–Trinajstić information content (AvgIpc) is 2.46. The Morgan fingerprint density at radius 3 is 2.17 bits per heavy atom. The highest BCUT2D eigenvalue weighted by atomic mass is 28.3. The Bertz CT molecular complexity index is 315. The molecule has 2 unspecified atom stereocenters. The highest BCUT2D eigenvalue weighted by molar-refractivity contribution is 6.80. The summed E-state index contributed by atoms with van der Waals surface area (Å²) in [6, 6.07) is 1.47. The van der Waals surface area contributed by atoms with Crippen LogP contribution in [0.1, 0.15) is 73.6 Å². The van der Waals surface area contributed by atoms with Gasteiger partial charge < -0.3 is 11.1 Å². The van der Waals surface area contributed by atoms with E-state index in [9.17, 15) is 0 Å². The molecule has 0 aliphatic rings. The third-order valence-corrected chi connectivity index (χ3v) is 12.5. The summed E-state index contributed by atoms with van der Waals surface area (Å²) in [5.74, 6) is 0.879. The van der Waals surface area contributed by atoms with Crippen molar-refractivity contribution in [3.05, 3.63) is 0 Å². The normalized spacial score (nSPS) is 17.1. The SMILES string of the molecule is CCCC(C)C[Si](C)(C)C(C)(CCCNCCN)C(C)(C)CC. The van der Waals surface area contributed by atoms with Crippen molar-refractivity contribution in [3.63, 3.8) is 0 Å². The molecule has 0 saturated carbocycles. The van der Waals surface area contributed by atoms with Crippen LogP contribution in [0.4, 0.5) is 0 Å². The van der Waals surface area contributed by atoms with Crippen molar-refractivity contribution in [3.8, 4) is 0 Å². The summed E-state index contributed by atoms with van der Waals surface area (Å²) >= 11 is 0. The maximum atomic E-state index is 5.58. The van der Waals surface area contributed by atoms with Crippen molar-refractivity contribution >= 4 is 8.07 Å². The van der Waals surface area contributed by atoms with Crippen LogP contribution < -0.4 is 11.1 Å². The van der Waals surface area contributed by atoms with E-state index in [0.29, 0.717) is 10.5 Å². The van der Waals surface area contributed by atoms with Crippen molar-refractivity contribution in [2.24, 2.45) is 17.1 Å². The summed E-state index contributed by atoms with van der Waals surface area (Å²) in [6.07, 6.45) is 6.61. The second kappa shape index (κ2) is 10.2. The minimum absolute atomic E-state index is 0.419. The van der Waals surface area contributed by atoms with Gasteiger partial charge in [-0.15, -0.1) is 0 Å². The minimum atomic E-state index is -1.33. The number of rotatable bonds is 13. The van der Waals surface area contributed by atoms with Gasteiger partial charge in [-0.05, 0) is 35.8 Å². The van der Waals surface area contributed by atoms with Gasteiger partial charge in [0.25, 0.3) is 0 Å². The van der Waals surface area contributed by atoms with Gasteiger partial charge in [0.15, 0.2) is 0 Å². The third-order valence-electron chi connectivity index (χ3n) is 6.86. The zero-order chi connectivity index (χ0) is 18.1. The first-order chi connectivity index (χ1) is 10.6. The minimum Gasteiger partial charge on any atom is -0.329 e. The van der Waals surface area contributed by atoms with Crippen LogP contribution in [-0.4, -0.2) is 27.7 Å². The number of nitrogens with one attached hydrogen (secondary N) is 1. The van der Waals surface area contributed by atoms with E-state index in [1.807, 2.05) is 0 Å². The molecule has 0 amide bonds. The Kier molecular flexibility index (Phi) is 10.3. The lowest BCUT2D eigenvalue weighted by Gasteiger charge is -2.54. The molecule has 3 N–H and O–H groups in total. The van der Waals surface area contributed by atoms with Crippen molar-refractivity contribution in [1.29, 1.82) is 0 Å². The predicted octanol–water partition coefficient (Wildman–Crippen LogP) is 5.66. The van der Waals surface area contributed by atoms with Crippen molar-refractivity contribution < 1.29 is 0 Å². The summed E-state index contributed by atoms with van der Waals surface area (Å²) in [5, 5.41) is 3.97. The summed E-state index contributed by atoms with van der Waals surface area (Å²) in [5.41, 5.74) is 6.00. The fraction of sp³-hybridized carbons (Fsp3) is 1.00. The molecule has 0 aromatic rings. The molecular formula is C20H46N2Si. The Morgan fingerprint density at radius 1 is 1.09 bits per heavy atom. The van der Waals surface area contributed by atoms with Crippen LogP contribution in [0.15, 0.2) is 0 Å². The van der Waals surface area contributed by atoms with Crippen LogP contribution in [0.5, 0.6) is 0 Å². The molecule has 2 atom stereocenters. The molecule has 0 spiro atoms. The zero-order valence-corrected chi connectivity index (χ0v) is 18.5. The van der Waals surface area contributed by atoms with E-state index in [4.69, 9.17) is 5.73 Å². The monoisotopic (exact) mass is 342 g/mol. The second-order valence-electron chi connectivity index (χ2n) is 9.19. The largest absolute Gasteiger partial charge is 0.329 e. The van der Waals surface area contributed by atoms with Crippen LogP contribution in [0, 0.1) is 11.3 Å². The van der Waals surface area contributed by atoms with Gasteiger partial charge in [0.2, 0.25) is 0 Å². The summed E-state index contributed by atoms with van der Waals surface area (Å²) in [6.45, 7) is 22.9. The Balaban J connectivity index is 5.10. The Labute approximate surface area is 148 Å². The Morgan fingerprint density at radius 2 is 1.70 bits per heavy atom. The lowest BCUT2D eigenvalue weighted by atomic mass is 9.74. The maximum absolute atomic E-state index is 5.58. The van der Waals surface area contributed by atoms with E-state index in [1.54, 1.807) is 0 Å². The van der Waals surface area contributed by atoms with E-state index >= 15 is 0 Å². The van der Waals surface area contributed by atoms with Crippen LogP contribution in [0.3, 0.4) is 0 Å². The molecule has 3 heteroatoms. The Hall–Kier alpha value is 0.137. The summed E-state index contributed by atoms with van der Waals surface area (Å²) < 4.78 is 0. The maximum Gasteiger partial charge on any atom is 0.0541 e. The topological polar surface area (TPSA) is 38.0 Å². The van der Waals surface area contributed by atoms with Gasteiger partial charge in [0, 0.05) is 13.1 Å². The molecule has 140 valence electrons. The first-order valence-corrected chi connectivity index (χ1v) is 13.2. The molecule has 0 aliphatic heterocycles.